The Morgan fingerprint density at radius 2 is 1.97 bits per heavy atom. The van der Waals surface area contributed by atoms with Crippen molar-refractivity contribution in [3.05, 3.63) is 52.8 Å². The molecule has 156 valence electrons. The van der Waals surface area contributed by atoms with Crippen LogP contribution in [0.2, 0.25) is 5.02 Å². The molecule has 1 N–H and O–H groups in total. The molecule has 8 heteroatoms. The van der Waals surface area contributed by atoms with E-state index >= 15 is 0 Å². The predicted molar refractivity (Wildman–Crippen MR) is 116 cm³/mol. The van der Waals surface area contributed by atoms with Crippen LogP contribution < -0.4 is 5.32 Å². The minimum Gasteiger partial charge on any atom is -0.357 e. The smallest absolute Gasteiger partial charge is 0.227 e. The molecule has 1 fully saturated rings. The van der Waals surface area contributed by atoms with E-state index in [0.717, 1.165) is 37.6 Å². The maximum Gasteiger partial charge on any atom is 0.227 e. The van der Waals surface area contributed by atoms with Gasteiger partial charge in [-0.3, -0.25) is 14.5 Å². The average Bonchev–Trinajstić information content (AvgIpc) is 3.12. The molecule has 2 heterocycles. The molecule has 1 aromatic carbocycles. The first kappa shape index (κ1) is 21.2. The highest BCUT2D eigenvalue weighted by Crippen LogP contribution is 2.13. The summed E-state index contributed by atoms with van der Waals surface area (Å²) in [5.41, 5.74) is 2.14. The molecule has 0 aliphatic carbocycles. The Morgan fingerprint density at radius 3 is 2.62 bits per heavy atom. The molecule has 0 spiro atoms. The fourth-order valence-corrected chi connectivity index (χ4v) is 3.63. The van der Waals surface area contributed by atoms with E-state index in [9.17, 15) is 4.79 Å². The third kappa shape index (κ3) is 6.22. The Balaban J connectivity index is 1.51. The van der Waals surface area contributed by atoms with Crippen LogP contribution in [-0.4, -0.2) is 70.7 Å². The highest BCUT2D eigenvalue weighted by molar-refractivity contribution is 6.30. The SMILES string of the molecule is CCNC(=NCCc1cnn(C)c1)N1CCN(C(=O)Cc2cccc(Cl)c2)CC1. The van der Waals surface area contributed by atoms with Crippen molar-refractivity contribution in [1.82, 2.24) is 24.9 Å². The first-order valence-corrected chi connectivity index (χ1v) is 10.5. The molecule has 1 saturated heterocycles. The molecule has 1 aliphatic heterocycles. The Hall–Kier alpha value is -2.54. The molecule has 3 rings (SSSR count). The van der Waals surface area contributed by atoms with Crippen molar-refractivity contribution < 1.29 is 4.79 Å². The molecule has 7 nitrogen and oxygen atoms in total. The average molecular weight is 417 g/mol. The third-order valence-electron chi connectivity index (χ3n) is 4.93. The van der Waals surface area contributed by atoms with Gasteiger partial charge in [-0.2, -0.15) is 5.10 Å². The lowest BCUT2D eigenvalue weighted by Gasteiger charge is -2.36. The maximum atomic E-state index is 12.6. The van der Waals surface area contributed by atoms with E-state index < -0.39 is 0 Å². The summed E-state index contributed by atoms with van der Waals surface area (Å²) < 4.78 is 1.81. The summed E-state index contributed by atoms with van der Waals surface area (Å²) in [6.45, 7) is 6.56. The van der Waals surface area contributed by atoms with Gasteiger partial charge in [0.15, 0.2) is 5.96 Å². The highest BCUT2D eigenvalue weighted by Gasteiger charge is 2.23. The standard InChI is InChI=1S/C21H29ClN6O/c1-3-23-21(24-8-7-18-15-25-26(2)16-18)28-11-9-27(10-12-28)20(29)14-17-5-4-6-19(22)13-17/h4-6,13,15-16H,3,7-12,14H2,1-2H3,(H,23,24). The van der Waals surface area contributed by atoms with Gasteiger partial charge in [0.25, 0.3) is 0 Å². The predicted octanol–water partition coefficient (Wildman–Crippen LogP) is 1.97. The Kier molecular flexibility index (Phi) is 7.52. The summed E-state index contributed by atoms with van der Waals surface area (Å²) in [5, 5.41) is 8.23. The van der Waals surface area contributed by atoms with E-state index in [1.165, 1.54) is 5.56 Å². The lowest BCUT2D eigenvalue weighted by atomic mass is 10.1. The number of benzene rings is 1. The molecular formula is C21H29ClN6O. The monoisotopic (exact) mass is 416 g/mol. The molecule has 1 amide bonds. The zero-order valence-electron chi connectivity index (χ0n) is 17.1. The van der Waals surface area contributed by atoms with Gasteiger partial charge in [0, 0.05) is 57.5 Å². The minimum absolute atomic E-state index is 0.144. The first-order chi connectivity index (χ1) is 14.0. The number of nitrogens with one attached hydrogen (secondary N) is 1. The third-order valence-corrected chi connectivity index (χ3v) is 5.17. The number of hydrogen-bond acceptors (Lipinski definition) is 3. The van der Waals surface area contributed by atoms with Crippen molar-refractivity contribution >= 4 is 23.5 Å². The van der Waals surface area contributed by atoms with Gasteiger partial charge in [-0.1, -0.05) is 23.7 Å². The zero-order chi connectivity index (χ0) is 20.6. The van der Waals surface area contributed by atoms with Gasteiger partial charge in [-0.25, -0.2) is 0 Å². The second-order valence-electron chi connectivity index (χ2n) is 7.18. The van der Waals surface area contributed by atoms with Crippen LogP contribution in [0.3, 0.4) is 0 Å². The van der Waals surface area contributed by atoms with Crippen LogP contribution in [-0.2, 0) is 24.7 Å². The molecule has 2 aromatic rings. The molecule has 0 bridgehead atoms. The number of carbonyl (C=O) groups excluding carboxylic acids is 1. The summed E-state index contributed by atoms with van der Waals surface area (Å²) in [7, 11) is 1.92. The van der Waals surface area contributed by atoms with E-state index in [0.29, 0.717) is 31.1 Å². The summed E-state index contributed by atoms with van der Waals surface area (Å²) in [6.07, 6.45) is 5.15. The molecule has 1 aromatic heterocycles. The normalized spacial score (nSPS) is 14.9. The van der Waals surface area contributed by atoms with E-state index in [-0.39, 0.29) is 5.91 Å². The second-order valence-corrected chi connectivity index (χ2v) is 7.62. The van der Waals surface area contributed by atoms with Crippen molar-refractivity contribution in [2.45, 2.75) is 19.8 Å². The number of halogens is 1. The number of rotatable bonds is 6. The van der Waals surface area contributed by atoms with Crippen LogP contribution in [0.4, 0.5) is 0 Å². The Bertz CT molecular complexity index is 841. The molecule has 1 aliphatic rings. The van der Waals surface area contributed by atoms with Crippen molar-refractivity contribution in [1.29, 1.82) is 0 Å². The van der Waals surface area contributed by atoms with Crippen molar-refractivity contribution in [2.75, 3.05) is 39.3 Å². The lowest BCUT2D eigenvalue weighted by molar-refractivity contribution is -0.131. The van der Waals surface area contributed by atoms with Gasteiger partial charge in [-0.05, 0) is 36.6 Å². The van der Waals surface area contributed by atoms with Crippen LogP contribution in [0, 0.1) is 0 Å². The van der Waals surface area contributed by atoms with Crippen LogP contribution in [0.25, 0.3) is 0 Å². The second kappa shape index (κ2) is 10.3. The number of aryl methyl sites for hydroxylation is 1. The topological polar surface area (TPSA) is 65.8 Å². The summed E-state index contributed by atoms with van der Waals surface area (Å²) in [6, 6.07) is 7.50. The molecule has 0 radical (unpaired) electrons. The van der Waals surface area contributed by atoms with Gasteiger partial charge in [0.2, 0.25) is 5.91 Å². The van der Waals surface area contributed by atoms with Gasteiger partial charge in [-0.15, -0.1) is 0 Å². The lowest BCUT2D eigenvalue weighted by Crippen LogP contribution is -2.54. The van der Waals surface area contributed by atoms with Crippen LogP contribution in [0.15, 0.2) is 41.7 Å². The van der Waals surface area contributed by atoms with Crippen molar-refractivity contribution in [3.8, 4) is 0 Å². The molecule has 0 atom stereocenters. The number of piperazine rings is 1. The number of aliphatic imine (C=N–C) groups is 1. The van der Waals surface area contributed by atoms with Gasteiger partial charge in [0.1, 0.15) is 0 Å². The summed E-state index contributed by atoms with van der Waals surface area (Å²) >= 11 is 6.02. The van der Waals surface area contributed by atoms with E-state index in [1.807, 2.05) is 53.3 Å². The van der Waals surface area contributed by atoms with E-state index in [4.69, 9.17) is 16.6 Å². The minimum atomic E-state index is 0.144. The van der Waals surface area contributed by atoms with E-state index in [2.05, 4.69) is 22.2 Å². The van der Waals surface area contributed by atoms with Crippen LogP contribution in [0.1, 0.15) is 18.1 Å². The number of aromatic nitrogens is 2. The van der Waals surface area contributed by atoms with Crippen molar-refractivity contribution in [3.63, 3.8) is 0 Å². The maximum absolute atomic E-state index is 12.6. The number of hydrogen-bond donors (Lipinski definition) is 1. The number of guanidine groups is 1. The Morgan fingerprint density at radius 1 is 1.21 bits per heavy atom. The molecule has 0 saturated carbocycles. The van der Waals surface area contributed by atoms with Crippen LogP contribution in [0.5, 0.6) is 0 Å². The fourth-order valence-electron chi connectivity index (χ4n) is 3.42. The van der Waals surface area contributed by atoms with Gasteiger partial charge >= 0.3 is 0 Å². The van der Waals surface area contributed by atoms with Gasteiger partial charge < -0.3 is 15.1 Å². The Labute approximate surface area is 177 Å². The van der Waals surface area contributed by atoms with Crippen LogP contribution >= 0.6 is 11.6 Å². The zero-order valence-corrected chi connectivity index (χ0v) is 17.9. The van der Waals surface area contributed by atoms with E-state index in [1.54, 1.807) is 0 Å². The number of nitrogens with zero attached hydrogens (tertiary/aromatic N) is 5. The molecule has 29 heavy (non-hydrogen) atoms. The fraction of sp³-hybridized carbons (Fsp3) is 0.476. The first-order valence-electron chi connectivity index (χ1n) is 10.1. The molecule has 0 unspecified atom stereocenters. The van der Waals surface area contributed by atoms with Gasteiger partial charge in [0.05, 0.1) is 12.6 Å². The largest absolute Gasteiger partial charge is 0.357 e. The summed E-state index contributed by atoms with van der Waals surface area (Å²) in [5.74, 6) is 1.06. The molecular weight excluding hydrogens is 388 g/mol. The number of carbonyl (C=O) groups is 1. The van der Waals surface area contributed by atoms with Crippen molar-refractivity contribution in [2.24, 2.45) is 12.0 Å². The quantitative estimate of drug-likeness (QED) is 0.577. The summed E-state index contributed by atoms with van der Waals surface area (Å²) in [4.78, 5) is 21.5. The highest BCUT2D eigenvalue weighted by atomic mass is 35.5. The number of amides is 1.